The van der Waals surface area contributed by atoms with E-state index in [1.54, 1.807) is 73.6 Å². The van der Waals surface area contributed by atoms with Gasteiger partial charge in [0.25, 0.3) is 0 Å². The lowest BCUT2D eigenvalue weighted by Gasteiger charge is -2.19. The van der Waals surface area contributed by atoms with E-state index in [0.717, 1.165) is 33.4 Å². The highest BCUT2D eigenvalue weighted by atomic mass is 16.4. The van der Waals surface area contributed by atoms with Crippen LogP contribution in [0.15, 0.2) is 73.6 Å². The second kappa shape index (κ2) is 11.2. The maximum absolute atomic E-state index is 11.3. The Bertz CT molecular complexity index is 1350. The van der Waals surface area contributed by atoms with Crippen molar-refractivity contribution in [1.29, 1.82) is 0 Å². The first kappa shape index (κ1) is 27.1. The summed E-state index contributed by atoms with van der Waals surface area (Å²) in [6.45, 7) is 7.81. The Morgan fingerprint density at radius 2 is 0.692 bits per heavy atom. The second-order valence-electron chi connectivity index (χ2n) is 9.50. The maximum Gasteiger partial charge on any atom is 0.336 e. The van der Waals surface area contributed by atoms with Crippen LogP contribution in [0, 0.1) is 20.8 Å². The molecule has 3 heterocycles. The predicted octanol–water partition coefficient (Wildman–Crippen LogP) is 2.71. The third-order valence-electron chi connectivity index (χ3n) is 7.15. The standard InChI is InChI=1S/C30H27N3O6/c1-19-25(16-31-10-4-22(5-11-31)28(34)35)20(2)27(18-33-14-8-24(9-15-33)30(38)39)21(3)26(19)17-32-12-6-23(7-13-32)29(36)37/h4-15H,16-18H2,1-3H3/p+3. The number of carboxylic acids is 3. The summed E-state index contributed by atoms with van der Waals surface area (Å²) in [5.74, 6) is -2.94. The molecule has 4 rings (SSSR count). The number of aromatic carboxylic acids is 3. The molecule has 39 heavy (non-hydrogen) atoms. The van der Waals surface area contributed by atoms with Crippen LogP contribution >= 0.6 is 0 Å². The Labute approximate surface area is 225 Å². The number of nitrogens with zero attached hydrogens (tertiary/aromatic N) is 3. The molecule has 0 saturated carbocycles. The Morgan fingerprint density at radius 3 is 0.872 bits per heavy atom. The first-order valence-corrected chi connectivity index (χ1v) is 12.3. The van der Waals surface area contributed by atoms with E-state index >= 15 is 0 Å². The van der Waals surface area contributed by atoms with Gasteiger partial charge in [0, 0.05) is 53.1 Å². The average Bonchev–Trinajstić information content (AvgIpc) is 2.92. The summed E-state index contributed by atoms with van der Waals surface area (Å²) in [4.78, 5) is 33.9. The molecule has 3 N–H and O–H groups in total. The number of carbonyl (C=O) groups is 3. The molecule has 0 radical (unpaired) electrons. The minimum atomic E-state index is -0.980. The van der Waals surface area contributed by atoms with Crippen LogP contribution in [0.2, 0.25) is 0 Å². The summed E-state index contributed by atoms with van der Waals surface area (Å²) in [5, 5.41) is 27.8. The highest BCUT2D eigenvalue weighted by Crippen LogP contribution is 2.27. The lowest BCUT2D eigenvalue weighted by Crippen LogP contribution is -2.38. The predicted molar refractivity (Wildman–Crippen MR) is 139 cm³/mol. The van der Waals surface area contributed by atoms with E-state index < -0.39 is 17.9 Å². The van der Waals surface area contributed by atoms with Crippen LogP contribution in [-0.2, 0) is 19.6 Å². The van der Waals surface area contributed by atoms with E-state index in [0.29, 0.717) is 19.6 Å². The number of pyridine rings is 3. The second-order valence-corrected chi connectivity index (χ2v) is 9.50. The Morgan fingerprint density at radius 1 is 0.487 bits per heavy atom. The van der Waals surface area contributed by atoms with Crippen molar-refractivity contribution in [3.63, 3.8) is 0 Å². The lowest BCUT2D eigenvalue weighted by molar-refractivity contribution is -0.690. The zero-order valence-corrected chi connectivity index (χ0v) is 22.0. The number of hydrogen-bond donors (Lipinski definition) is 3. The van der Waals surface area contributed by atoms with Gasteiger partial charge in [-0.15, -0.1) is 0 Å². The largest absolute Gasteiger partial charge is 0.478 e. The molecule has 0 aliphatic rings. The molecule has 0 aliphatic carbocycles. The van der Waals surface area contributed by atoms with Crippen LogP contribution < -0.4 is 13.7 Å². The van der Waals surface area contributed by atoms with Crippen molar-refractivity contribution >= 4 is 17.9 Å². The molecule has 0 atom stereocenters. The number of carboxylic acid groups (broad SMARTS) is 3. The fourth-order valence-corrected chi connectivity index (χ4v) is 4.77. The van der Waals surface area contributed by atoms with Gasteiger partial charge in [0.15, 0.2) is 56.8 Å². The number of rotatable bonds is 9. The van der Waals surface area contributed by atoms with Crippen LogP contribution in [0.3, 0.4) is 0 Å². The minimum Gasteiger partial charge on any atom is -0.478 e. The van der Waals surface area contributed by atoms with Gasteiger partial charge in [-0.25, -0.2) is 28.1 Å². The van der Waals surface area contributed by atoms with E-state index in [1.165, 1.54) is 0 Å². The lowest BCUT2D eigenvalue weighted by atomic mass is 9.87. The summed E-state index contributed by atoms with van der Waals surface area (Å²) >= 11 is 0. The molecular formula is C30H30N3O6+3. The van der Waals surface area contributed by atoms with Crippen molar-refractivity contribution < 1.29 is 43.4 Å². The van der Waals surface area contributed by atoms with Crippen LogP contribution in [0.25, 0.3) is 0 Å². The molecule has 198 valence electrons. The summed E-state index contributed by atoms with van der Waals surface area (Å²) in [6.07, 6.45) is 10.5. The molecule has 9 nitrogen and oxygen atoms in total. The minimum absolute atomic E-state index is 0.215. The number of aromatic nitrogens is 3. The van der Waals surface area contributed by atoms with Gasteiger partial charge in [0.05, 0.1) is 16.7 Å². The summed E-state index contributed by atoms with van der Waals surface area (Å²) in [6, 6.07) is 9.43. The quantitative estimate of drug-likeness (QED) is 0.287. The van der Waals surface area contributed by atoms with Gasteiger partial charge in [-0.3, -0.25) is 0 Å². The Hall–Kier alpha value is -4.92. The molecule has 0 fully saturated rings. The van der Waals surface area contributed by atoms with Gasteiger partial charge in [-0.2, -0.15) is 0 Å². The van der Waals surface area contributed by atoms with Crippen molar-refractivity contribution in [2.45, 2.75) is 40.4 Å². The van der Waals surface area contributed by atoms with Crippen molar-refractivity contribution in [1.82, 2.24) is 0 Å². The molecule has 0 aliphatic heterocycles. The van der Waals surface area contributed by atoms with Gasteiger partial charge in [-0.1, -0.05) is 0 Å². The number of hydrogen-bond acceptors (Lipinski definition) is 3. The molecule has 0 saturated heterocycles. The number of benzene rings is 1. The van der Waals surface area contributed by atoms with Crippen LogP contribution in [-0.4, -0.2) is 33.2 Å². The van der Waals surface area contributed by atoms with E-state index in [2.05, 4.69) is 20.8 Å². The van der Waals surface area contributed by atoms with Crippen molar-refractivity contribution in [2.75, 3.05) is 0 Å². The average molecular weight is 529 g/mol. The summed E-state index contributed by atoms with van der Waals surface area (Å²) < 4.78 is 5.82. The van der Waals surface area contributed by atoms with Crippen LogP contribution in [0.5, 0.6) is 0 Å². The zero-order valence-electron chi connectivity index (χ0n) is 22.0. The van der Waals surface area contributed by atoms with Gasteiger partial charge >= 0.3 is 17.9 Å². The fraction of sp³-hybridized carbons (Fsp3) is 0.200. The molecule has 0 unspecified atom stereocenters. The van der Waals surface area contributed by atoms with E-state index in [9.17, 15) is 29.7 Å². The first-order valence-electron chi connectivity index (χ1n) is 12.3. The first-order chi connectivity index (χ1) is 18.5. The van der Waals surface area contributed by atoms with E-state index in [4.69, 9.17) is 0 Å². The third kappa shape index (κ3) is 5.98. The normalized spacial score (nSPS) is 10.8. The van der Waals surface area contributed by atoms with Gasteiger partial charge in [-0.05, 0) is 37.5 Å². The van der Waals surface area contributed by atoms with Crippen LogP contribution in [0.1, 0.15) is 64.5 Å². The smallest absolute Gasteiger partial charge is 0.336 e. The van der Waals surface area contributed by atoms with Gasteiger partial charge in [0.1, 0.15) is 0 Å². The van der Waals surface area contributed by atoms with Crippen molar-refractivity contribution in [2.24, 2.45) is 0 Å². The highest BCUT2D eigenvalue weighted by Gasteiger charge is 2.24. The molecule has 4 aromatic rings. The van der Waals surface area contributed by atoms with Gasteiger partial charge in [0.2, 0.25) is 0 Å². The van der Waals surface area contributed by atoms with E-state index in [1.807, 2.05) is 13.7 Å². The SMILES string of the molecule is Cc1c(C[n+]2ccc(C(=O)O)cc2)c(C)c(C[n+]2ccc(C(=O)O)cc2)c(C)c1C[n+]1ccc(C(=O)O)cc1. The monoisotopic (exact) mass is 528 g/mol. The third-order valence-corrected chi connectivity index (χ3v) is 7.15. The molecule has 3 aromatic heterocycles. The van der Waals surface area contributed by atoms with Gasteiger partial charge < -0.3 is 15.3 Å². The molecule has 0 amide bonds. The van der Waals surface area contributed by atoms with Crippen molar-refractivity contribution in [3.8, 4) is 0 Å². The van der Waals surface area contributed by atoms with Crippen LogP contribution in [0.4, 0.5) is 0 Å². The topological polar surface area (TPSA) is 124 Å². The molecule has 9 heteroatoms. The Kier molecular flexibility index (Phi) is 7.80. The summed E-state index contributed by atoms with van der Waals surface area (Å²) in [7, 11) is 0. The zero-order chi connectivity index (χ0) is 28.3. The molecular weight excluding hydrogens is 498 g/mol. The highest BCUT2D eigenvalue weighted by molar-refractivity contribution is 5.87. The molecule has 0 bridgehead atoms. The summed E-state index contributed by atoms with van der Waals surface area (Å²) in [5.41, 5.74) is 7.25. The Balaban J connectivity index is 1.79. The van der Waals surface area contributed by atoms with Crippen molar-refractivity contribution in [3.05, 3.63) is 124 Å². The fourth-order valence-electron chi connectivity index (χ4n) is 4.77. The van der Waals surface area contributed by atoms with E-state index in [-0.39, 0.29) is 16.7 Å². The molecule has 1 aromatic carbocycles. The molecule has 0 spiro atoms. The maximum atomic E-state index is 11.3.